The summed E-state index contributed by atoms with van der Waals surface area (Å²) in [6.07, 6.45) is 1.75. The minimum atomic E-state index is 0.0156. The largest absolute Gasteiger partial charge is 0.493 e. The van der Waals surface area contributed by atoms with Gasteiger partial charge in [-0.3, -0.25) is 0 Å². The fourth-order valence-electron chi connectivity index (χ4n) is 1.47. The lowest BCUT2D eigenvalue weighted by Crippen LogP contribution is -2.21. The number of benzene rings is 1. The lowest BCUT2D eigenvalue weighted by atomic mass is 9.98. The molecule has 0 saturated heterocycles. The standard InChI is InChI=1S/C10H9BrO2/c11-9-1-2-10-8(4-9)3-7(5-12)6-13-10/h1-2,4-5,7H,3,6H2. The number of aldehydes is 1. The monoisotopic (exact) mass is 240 g/mol. The molecule has 1 aromatic rings. The summed E-state index contributed by atoms with van der Waals surface area (Å²) in [5, 5.41) is 0. The highest BCUT2D eigenvalue weighted by Crippen LogP contribution is 2.29. The summed E-state index contributed by atoms with van der Waals surface area (Å²) in [5.41, 5.74) is 1.11. The predicted molar refractivity (Wildman–Crippen MR) is 52.9 cm³/mol. The van der Waals surface area contributed by atoms with Crippen LogP contribution in [0.5, 0.6) is 5.75 Å². The second-order valence-electron chi connectivity index (χ2n) is 3.16. The topological polar surface area (TPSA) is 26.3 Å². The van der Waals surface area contributed by atoms with Gasteiger partial charge >= 0.3 is 0 Å². The van der Waals surface area contributed by atoms with E-state index in [0.717, 1.165) is 28.5 Å². The smallest absolute Gasteiger partial charge is 0.126 e. The van der Waals surface area contributed by atoms with Crippen LogP contribution >= 0.6 is 15.9 Å². The third-order valence-corrected chi connectivity index (χ3v) is 2.64. The van der Waals surface area contributed by atoms with E-state index in [2.05, 4.69) is 15.9 Å². The zero-order valence-corrected chi connectivity index (χ0v) is 8.58. The van der Waals surface area contributed by atoms with E-state index in [1.807, 2.05) is 18.2 Å². The molecule has 1 unspecified atom stereocenters. The van der Waals surface area contributed by atoms with Crippen molar-refractivity contribution in [2.75, 3.05) is 6.61 Å². The Balaban J connectivity index is 2.32. The molecule has 0 saturated carbocycles. The van der Waals surface area contributed by atoms with E-state index in [1.165, 1.54) is 0 Å². The number of carbonyl (C=O) groups is 1. The van der Waals surface area contributed by atoms with Gasteiger partial charge in [-0.15, -0.1) is 0 Å². The van der Waals surface area contributed by atoms with E-state index in [1.54, 1.807) is 0 Å². The third kappa shape index (κ3) is 1.75. The second-order valence-corrected chi connectivity index (χ2v) is 4.08. The van der Waals surface area contributed by atoms with Crippen molar-refractivity contribution in [3.63, 3.8) is 0 Å². The normalized spacial score (nSPS) is 20.2. The van der Waals surface area contributed by atoms with Gasteiger partial charge in [-0.05, 0) is 30.2 Å². The van der Waals surface area contributed by atoms with Crippen molar-refractivity contribution in [3.05, 3.63) is 28.2 Å². The molecule has 0 spiro atoms. The molecule has 2 nitrogen and oxygen atoms in total. The van der Waals surface area contributed by atoms with Gasteiger partial charge in [-0.25, -0.2) is 0 Å². The Morgan fingerprint density at radius 1 is 1.54 bits per heavy atom. The number of rotatable bonds is 1. The van der Waals surface area contributed by atoms with Gasteiger partial charge in [-0.1, -0.05) is 15.9 Å². The first-order chi connectivity index (χ1) is 6.29. The predicted octanol–water partition coefficient (Wildman–Crippen LogP) is 2.20. The highest BCUT2D eigenvalue weighted by atomic mass is 79.9. The van der Waals surface area contributed by atoms with Crippen LogP contribution in [0.3, 0.4) is 0 Å². The number of ether oxygens (including phenoxy) is 1. The molecule has 0 amide bonds. The van der Waals surface area contributed by atoms with Crippen LogP contribution in [0.15, 0.2) is 22.7 Å². The minimum absolute atomic E-state index is 0.0156. The summed E-state index contributed by atoms with van der Waals surface area (Å²) < 4.78 is 6.46. The average molecular weight is 241 g/mol. The molecule has 68 valence electrons. The van der Waals surface area contributed by atoms with Crippen LogP contribution in [-0.4, -0.2) is 12.9 Å². The summed E-state index contributed by atoms with van der Waals surface area (Å²) >= 11 is 3.39. The molecular formula is C10H9BrO2. The number of halogens is 1. The van der Waals surface area contributed by atoms with Crippen molar-refractivity contribution in [1.29, 1.82) is 0 Å². The van der Waals surface area contributed by atoms with Gasteiger partial charge in [0.1, 0.15) is 12.0 Å². The summed E-state index contributed by atoms with van der Waals surface area (Å²) in [5.74, 6) is 0.920. The first-order valence-corrected chi connectivity index (χ1v) is 4.95. The molecule has 1 aliphatic heterocycles. The zero-order valence-electron chi connectivity index (χ0n) is 7.00. The Morgan fingerprint density at radius 2 is 2.38 bits per heavy atom. The zero-order chi connectivity index (χ0) is 9.26. The number of carbonyl (C=O) groups excluding carboxylic acids is 1. The molecule has 0 aromatic heterocycles. The Bertz CT molecular complexity index is 336. The molecule has 1 heterocycles. The van der Waals surface area contributed by atoms with Crippen LogP contribution in [0.1, 0.15) is 5.56 Å². The summed E-state index contributed by atoms with van der Waals surface area (Å²) in [7, 11) is 0. The van der Waals surface area contributed by atoms with E-state index in [4.69, 9.17) is 4.74 Å². The number of hydrogen-bond donors (Lipinski definition) is 0. The van der Waals surface area contributed by atoms with Gasteiger partial charge in [-0.2, -0.15) is 0 Å². The van der Waals surface area contributed by atoms with Crippen molar-refractivity contribution in [2.45, 2.75) is 6.42 Å². The highest BCUT2D eigenvalue weighted by molar-refractivity contribution is 9.10. The molecule has 0 N–H and O–H groups in total. The Morgan fingerprint density at radius 3 is 3.15 bits per heavy atom. The fourth-order valence-corrected chi connectivity index (χ4v) is 1.88. The second kappa shape index (κ2) is 3.50. The van der Waals surface area contributed by atoms with Gasteiger partial charge in [0.25, 0.3) is 0 Å². The van der Waals surface area contributed by atoms with Gasteiger partial charge in [0, 0.05) is 4.47 Å². The molecule has 0 aliphatic carbocycles. The summed E-state index contributed by atoms with van der Waals surface area (Å²) in [6.45, 7) is 0.512. The quantitative estimate of drug-likeness (QED) is 0.704. The molecule has 2 rings (SSSR count). The first kappa shape index (κ1) is 8.75. The van der Waals surface area contributed by atoms with E-state index in [-0.39, 0.29) is 5.92 Å². The Labute approximate surface area is 85.0 Å². The van der Waals surface area contributed by atoms with Crippen LogP contribution < -0.4 is 4.74 Å². The number of hydrogen-bond acceptors (Lipinski definition) is 2. The summed E-state index contributed by atoms with van der Waals surface area (Å²) in [4.78, 5) is 10.6. The Hall–Kier alpha value is -0.830. The van der Waals surface area contributed by atoms with Crippen LogP contribution in [0, 0.1) is 5.92 Å². The maximum Gasteiger partial charge on any atom is 0.126 e. The van der Waals surface area contributed by atoms with E-state index >= 15 is 0 Å². The average Bonchev–Trinajstić information content (AvgIpc) is 2.16. The van der Waals surface area contributed by atoms with E-state index in [9.17, 15) is 4.79 Å². The summed E-state index contributed by atoms with van der Waals surface area (Å²) in [6, 6.07) is 5.88. The lowest BCUT2D eigenvalue weighted by molar-refractivity contribution is -0.112. The highest BCUT2D eigenvalue weighted by Gasteiger charge is 2.18. The fraction of sp³-hybridized carbons (Fsp3) is 0.300. The van der Waals surface area contributed by atoms with Crippen molar-refractivity contribution < 1.29 is 9.53 Å². The van der Waals surface area contributed by atoms with Crippen LogP contribution in [0.2, 0.25) is 0 Å². The van der Waals surface area contributed by atoms with Crippen molar-refractivity contribution in [2.24, 2.45) is 5.92 Å². The maximum absolute atomic E-state index is 10.6. The number of fused-ring (bicyclic) bond motifs is 1. The van der Waals surface area contributed by atoms with Crippen LogP contribution in [-0.2, 0) is 11.2 Å². The molecule has 0 bridgehead atoms. The van der Waals surface area contributed by atoms with Crippen molar-refractivity contribution in [3.8, 4) is 5.75 Å². The molecule has 0 fully saturated rings. The van der Waals surface area contributed by atoms with Gasteiger partial charge < -0.3 is 9.53 Å². The molecule has 0 radical (unpaired) electrons. The van der Waals surface area contributed by atoms with Crippen molar-refractivity contribution >= 4 is 22.2 Å². The maximum atomic E-state index is 10.6. The van der Waals surface area contributed by atoms with Crippen LogP contribution in [0.4, 0.5) is 0 Å². The van der Waals surface area contributed by atoms with E-state index in [0.29, 0.717) is 6.61 Å². The van der Waals surface area contributed by atoms with E-state index < -0.39 is 0 Å². The molecule has 1 aromatic carbocycles. The minimum Gasteiger partial charge on any atom is -0.493 e. The van der Waals surface area contributed by atoms with Gasteiger partial charge in [0.15, 0.2) is 0 Å². The molecule has 3 heteroatoms. The molecule has 1 atom stereocenters. The molecule has 1 aliphatic rings. The van der Waals surface area contributed by atoms with Crippen molar-refractivity contribution in [1.82, 2.24) is 0 Å². The third-order valence-electron chi connectivity index (χ3n) is 2.15. The first-order valence-electron chi connectivity index (χ1n) is 4.16. The Kier molecular flexibility index (Phi) is 2.36. The molecular weight excluding hydrogens is 232 g/mol. The van der Waals surface area contributed by atoms with Gasteiger partial charge in [0.05, 0.1) is 12.5 Å². The lowest BCUT2D eigenvalue weighted by Gasteiger charge is -2.21. The SMILES string of the molecule is O=CC1COc2ccc(Br)cc2C1. The molecule has 13 heavy (non-hydrogen) atoms. The van der Waals surface area contributed by atoms with Crippen LogP contribution in [0.25, 0.3) is 0 Å². The van der Waals surface area contributed by atoms with Gasteiger partial charge in [0.2, 0.25) is 0 Å².